The predicted molar refractivity (Wildman–Crippen MR) is 67.0 cm³/mol. The van der Waals surface area contributed by atoms with Crippen LogP contribution in [0.5, 0.6) is 0 Å². The molecule has 0 aliphatic carbocycles. The van der Waals surface area contributed by atoms with Crippen molar-refractivity contribution < 1.29 is 4.79 Å². The number of amides is 1. The molecule has 0 atom stereocenters. The van der Waals surface area contributed by atoms with E-state index in [0.29, 0.717) is 17.2 Å². The van der Waals surface area contributed by atoms with E-state index < -0.39 is 5.91 Å². The third kappa shape index (κ3) is 2.08. The number of carbonyl (C=O) groups excluding carboxylic acids is 1. The molecule has 94 valence electrons. The standard InChI is InChI=1S/C12H10N6O/c13-12(19)9-7-10(17-5-1-3-14-17)16-11(8-9)18-6-2-4-15-18/h1-8H,(H2,13,19). The number of nitrogens with two attached hydrogens (primary N) is 1. The molecule has 7 heteroatoms. The number of carbonyl (C=O) groups is 1. The van der Waals surface area contributed by atoms with Crippen LogP contribution in [0, 0.1) is 0 Å². The first-order valence-corrected chi connectivity index (χ1v) is 5.56. The summed E-state index contributed by atoms with van der Waals surface area (Å²) in [5.74, 6) is 0.489. The van der Waals surface area contributed by atoms with Crippen LogP contribution in [0.3, 0.4) is 0 Å². The molecule has 3 rings (SSSR count). The third-order valence-electron chi connectivity index (χ3n) is 2.56. The highest BCUT2D eigenvalue weighted by Gasteiger charge is 2.10. The molecule has 3 aromatic rings. The monoisotopic (exact) mass is 254 g/mol. The quantitative estimate of drug-likeness (QED) is 0.738. The second-order valence-electron chi connectivity index (χ2n) is 3.84. The summed E-state index contributed by atoms with van der Waals surface area (Å²) in [5.41, 5.74) is 5.69. The molecule has 0 saturated carbocycles. The van der Waals surface area contributed by atoms with Crippen molar-refractivity contribution in [1.29, 1.82) is 0 Å². The summed E-state index contributed by atoms with van der Waals surface area (Å²) in [5, 5.41) is 8.16. The zero-order chi connectivity index (χ0) is 13.2. The fraction of sp³-hybridized carbons (Fsp3) is 0. The van der Waals surface area contributed by atoms with Crippen LogP contribution in [0.15, 0.2) is 49.1 Å². The van der Waals surface area contributed by atoms with Gasteiger partial charge in [-0.1, -0.05) is 0 Å². The summed E-state index contributed by atoms with van der Waals surface area (Å²) in [7, 11) is 0. The molecule has 2 N–H and O–H groups in total. The van der Waals surface area contributed by atoms with Gasteiger partial charge in [0.25, 0.3) is 0 Å². The van der Waals surface area contributed by atoms with Crippen LogP contribution in [0.1, 0.15) is 10.4 Å². The summed E-state index contributed by atoms with van der Waals surface area (Å²) in [6, 6.07) is 6.71. The maximum Gasteiger partial charge on any atom is 0.248 e. The van der Waals surface area contributed by atoms with Crippen LogP contribution < -0.4 is 5.73 Å². The Balaban J connectivity index is 2.18. The Labute approximate surface area is 108 Å². The molecule has 3 heterocycles. The average molecular weight is 254 g/mol. The van der Waals surface area contributed by atoms with Gasteiger partial charge in [-0.3, -0.25) is 4.79 Å². The predicted octanol–water partition coefficient (Wildman–Crippen LogP) is 0.552. The van der Waals surface area contributed by atoms with Gasteiger partial charge in [0.05, 0.1) is 0 Å². The first-order chi connectivity index (χ1) is 9.24. The first kappa shape index (κ1) is 11.1. The summed E-state index contributed by atoms with van der Waals surface area (Å²) in [6.07, 6.45) is 6.73. The number of hydrogen-bond donors (Lipinski definition) is 1. The lowest BCUT2D eigenvalue weighted by atomic mass is 10.2. The summed E-state index contributed by atoms with van der Waals surface area (Å²) in [4.78, 5) is 15.8. The molecule has 0 spiro atoms. The molecule has 0 aromatic carbocycles. The van der Waals surface area contributed by atoms with Gasteiger partial charge in [-0.25, -0.2) is 14.3 Å². The van der Waals surface area contributed by atoms with Gasteiger partial charge in [0.1, 0.15) is 0 Å². The molecule has 0 saturated heterocycles. The van der Waals surface area contributed by atoms with Crippen molar-refractivity contribution in [1.82, 2.24) is 24.5 Å². The van der Waals surface area contributed by atoms with E-state index >= 15 is 0 Å². The van der Waals surface area contributed by atoms with Crippen LogP contribution in [0.2, 0.25) is 0 Å². The number of aromatic nitrogens is 5. The van der Waals surface area contributed by atoms with Crippen molar-refractivity contribution in [3.8, 4) is 11.6 Å². The second-order valence-corrected chi connectivity index (χ2v) is 3.84. The molecular weight excluding hydrogens is 244 g/mol. The molecule has 0 aliphatic rings. The van der Waals surface area contributed by atoms with Gasteiger partial charge in [0.2, 0.25) is 5.91 Å². The van der Waals surface area contributed by atoms with Crippen LogP contribution in [0.4, 0.5) is 0 Å². The van der Waals surface area contributed by atoms with Crippen molar-refractivity contribution in [2.24, 2.45) is 5.73 Å². The van der Waals surface area contributed by atoms with Gasteiger partial charge >= 0.3 is 0 Å². The van der Waals surface area contributed by atoms with E-state index in [1.807, 2.05) is 0 Å². The van der Waals surface area contributed by atoms with Crippen LogP contribution >= 0.6 is 0 Å². The van der Waals surface area contributed by atoms with Gasteiger partial charge in [0, 0.05) is 30.4 Å². The minimum atomic E-state index is -0.524. The van der Waals surface area contributed by atoms with Crippen LogP contribution in [-0.4, -0.2) is 30.5 Å². The smallest absolute Gasteiger partial charge is 0.248 e. The lowest BCUT2D eigenvalue weighted by Crippen LogP contribution is -2.14. The Bertz CT molecular complexity index is 649. The molecule has 7 nitrogen and oxygen atoms in total. The SMILES string of the molecule is NC(=O)c1cc(-n2cccn2)nc(-n2cccn2)c1. The molecule has 0 aliphatic heterocycles. The molecule has 0 bridgehead atoms. The molecule has 0 radical (unpaired) electrons. The largest absolute Gasteiger partial charge is 0.366 e. The van der Waals surface area contributed by atoms with Crippen molar-refractivity contribution in [3.63, 3.8) is 0 Å². The van der Waals surface area contributed by atoms with Gasteiger partial charge in [-0.2, -0.15) is 10.2 Å². The minimum Gasteiger partial charge on any atom is -0.366 e. The number of hydrogen-bond acceptors (Lipinski definition) is 4. The maximum atomic E-state index is 11.4. The van der Waals surface area contributed by atoms with Gasteiger partial charge in [-0.15, -0.1) is 0 Å². The Morgan fingerprint density at radius 3 is 1.89 bits per heavy atom. The molecule has 3 aromatic heterocycles. The Kier molecular flexibility index (Phi) is 2.57. The van der Waals surface area contributed by atoms with Crippen molar-refractivity contribution >= 4 is 5.91 Å². The van der Waals surface area contributed by atoms with Crippen molar-refractivity contribution in [2.75, 3.05) is 0 Å². The number of pyridine rings is 1. The highest BCUT2D eigenvalue weighted by atomic mass is 16.1. The van der Waals surface area contributed by atoms with E-state index in [4.69, 9.17) is 5.73 Å². The molecule has 0 unspecified atom stereocenters. The van der Waals surface area contributed by atoms with Crippen LogP contribution in [-0.2, 0) is 0 Å². The normalized spacial score (nSPS) is 10.5. The van der Waals surface area contributed by atoms with Gasteiger partial charge in [0.15, 0.2) is 11.6 Å². The highest BCUT2D eigenvalue weighted by Crippen LogP contribution is 2.12. The first-order valence-electron chi connectivity index (χ1n) is 5.56. The van der Waals surface area contributed by atoms with Gasteiger partial charge < -0.3 is 5.73 Å². The molecule has 19 heavy (non-hydrogen) atoms. The van der Waals surface area contributed by atoms with Crippen LogP contribution in [0.25, 0.3) is 11.6 Å². The van der Waals surface area contributed by atoms with E-state index in [-0.39, 0.29) is 0 Å². The van der Waals surface area contributed by atoms with E-state index in [1.165, 1.54) is 0 Å². The fourth-order valence-corrected chi connectivity index (χ4v) is 1.69. The third-order valence-corrected chi connectivity index (χ3v) is 2.56. The van der Waals surface area contributed by atoms with Gasteiger partial charge in [-0.05, 0) is 24.3 Å². The lowest BCUT2D eigenvalue weighted by molar-refractivity contribution is 0.1000. The minimum absolute atomic E-state index is 0.353. The fourth-order valence-electron chi connectivity index (χ4n) is 1.69. The Morgan fingerprint density at radius 1 is 1.00 bits per heavy atom. The maximum absolute atomic E-state index is 11.4. The summed E-state index contributed by atoms with van der Waals surface area (Å²) < 4.78 is 3.11. The second kappa shape index (κ2) is 4.37. The van der Waals surface area contributed by atoms with E-state index in [9.17, 15) is 4.79 Å². The van der Waals surface area contributed by atoms with E-state index in [1.54, 1.807) is 58.4 Å². The molecular formula is C12H10N6O. The summed E-state index contributed by atoms with van der Waals surface area (Å²) >= 11 is 0. The van der Waals surface area contributed by atoms with Crippen molar-refractivity contribution in [2.45, 2.75) is 0 Å². The highest BCUT2D eigenvalue weighted by molar-refractivity contribution is 5.93. The molecule has 0 fully saturated rings. The van der Waals surface area contributed by atoms with E-state index in [2.05, 4.69) is 15.2 Å². The van der Waals surface area contributed by atoms with Crippen molar-refractivity contribution in [3.05, 3.63) is 54.6 Å². The summed E-state index contributed by atoms with van der Waals surface area (Å²) in [6.45, 7) is 0. The Morgan fingerprint density at radius 2 is 1.53 bits per heavy atom. The zero-order valence-electron chi connectivity index (χ0n) is 9.84. The molecule has 1 amide bonds. The number of primary amides is 1. The average Bonchev–Trinajstić information content (AvgIpc) is 3.11. The number of nitrogens with zero attached hydrogens (tertiary/aromatic N) is 5. The Hall–Kier alpha value is -2.96. The topological polar surface area (TPSA) is 91.6 Å². The number of rotatable bonds is 3. The lowest BCUT2D eigenvalue weighted by Gasteiger charge is -2.07. The zero-order valence-corrected chi connectivity index (χ0v) is 9.84. The van der Waals surface area contributed by atoms with E-state index in [0.717, 1.165) is 0 Å².